The first-order chi connectivity index (χ1) is 26.8. The second-order valence-corrected chi connectivity index (χ2v) is 20.2. The molecular weight excluding hydrogens is 727 g/mol. The zero-order valence-electron chi connectivity index (χ0n) is 32.8. The minimum Gasteiger partial charge on any atom is -0.497 e. The maximum absolute atomic E-state index is 13.4. The van der Waals surface area contributed by atoms with Gasteiger partial charge in [-0.1, -0.05) is 124 Å². The summed E-state index contributed by atoms with van der Waals surface area (Å²) in [6, 6.07) is 38.4. The summed E-state index contributed by atoms with van der Waals surface area (Å²) in [5, 5.41) is 2.75. The third-order valence-electron chi connectivity index (χ3n) is 10.9. The fraction of sp³-hybridized carbons (Fsp3) is 0.341. The molecular formula is C44H51N3O8Si. The molecule has 5 aromatic rings. The molecule has 1 saturated heterocycles. The van der Waals surface area contributed by atoms with E-state index in [0.717, 1.165) is 22.3 Å². The number of nitrogens with one attached hydrogen (secondary N) is 2. The van der Waals surface area contributed by atoms with E-state index in [-0.39, 0.29) is 24.8 Å². The Hall–Kier alpha value is -5.27. The first-order valence-electron chi connectivity index (χ1n) is 18.8. The molecule has 6 rings (SSSR count). The minimum absolute atomic E-state index is 0.0210. The van der Waals surface area contributed by atoms with Crippen LogP contribution >= 0.6 is 0 Å². The van der Waals surface area contributed by atoms with Crippen LogP contribution in [0.3, 0.4) is 0 Å². The Balaban J connectivity index is 1.42. The lowest BCUT2D eigenvalue weighted by molar-refractivity contribution is -0.0896. The molecule has 0 saturated carbocycles. The highest BCUT2D eigenvalue weighted by atomic mass is 28.4. The van der Waals surface area contributed by atoms with E-state index >= 15 is 0 Å². The maximum Gasteiger partial charge on any atom is 0.407 e. The number of methoxy groups -OCH3 is 1. The summed E-state index contributed by atoms with van der Waals surface area (Å²) in [5.74, 6) is 0.172. The number of carbonyl (C=O) groups excluding carboxylic acids is 1. The van der Waals surface area contributed by atoms with Crippen molar-refractivity contribution in [3.05, 3.63) is 171 Å². The minimum atomic E-state index is -2.55. The van der Waals surface area contributed by atoms with Crippen molar-refractivity contribution in [1.29, 1.82) is 0 Å². The van der Waals surface area contributed by atoms with Crippen molar-refractivity contribution in [2.24, 2.45) is 5.92 Å². The zero-order chi connectivity index (χ0) is 39.9. The number of nitrogens with zero attached hydrogens (tertiary/aromatic N) is 1. The molecule has 0 radical (unpaired) electrons. The number of aromatic amines is 1. The monoisotopic (exact) mass is 777 g/mol. The van der Waals surface area contributed by atoms with E-state index in [1.54, 1.807) is 7.11 Å². The van der Waals surface area contributed by atoms with Gasteiger partial charge < -0.3 is 28.7 Å². The van der Waals surface area contributed by atoms with Gasteiger partial charge in [0.25, 0.3) is 5.56 Å². The third kappa shape index (κ3) is 8.89. The van der Waals surface area contributed by atoms with Gasteiger partial charge in [-0.05, 0) is 52.5 Å². The predicted molar refractivity (Wildman–Crippen MR) is 217 cm³/mol. The smallest absolute Gasteiger partial charge is 0.407 e. The van der Waals surface area contributed by atoms with E-state index in [1.807, 2.05) is 115 Å². The van der Waals surface area contributed by atoms with Crippen molar-refractivity contribution in [1.82, 2.24) is 14.9 Å². The number of amides is 1. The van der Waals surface area contributed by atoms with Crippen LogP contribution in [-0.2, 0) is 30.8 Å². The van der Waals surface area contributed by atoms with E-state index in [0.29, 0.717) is 5.75 Å². The van der Waals surface area contributed by atoms with E-state index in [2.05, 4.69) is 44.2 Å². The van der Waals surface area contributed by atoms with Gasteiger partial charge >= 0.3 is 11.8 Å². The van der Waals surface area contributed by atoms with Crippen molar-refractivity contribution in [2.45, 2.75) is 69.5 Å². The molecule has 0 unspecified atom stereocenters. The molecule has 0 spiro atoms. The molecule has 1 aliphatic rings. The molecule has 1 amide bonds. The summed E-state index contributed by atoms with van der Waals surface area (Å²) in [5.41, 5.74) is 1.20. The third-order valence-corrected chi connectivity index (χ3v) is 15.3. The zero-order valence-corrected chi connectivity index (χ0v) is 33.8. The molecule has 1 aliphatic heterocycles. The lowest BCUT2D eigenvalue weighted by Gasteiger charge is -2.41. The normalized spacial score (nSPS) is 18.7. The van der Waals surface area contributed by atoms with Crippen molar-refractivity contribution in [2.75, 3.05) is 20.3 Å². The Kier molecular flexibility index (Phi) is 12.4. The van der Waals surface area contributed by atoms with Crippen LogP contribution in [0.5, 0.6) is 5.75 Å². The summed E-state index contributed by atoms with van der Waals surface area (Å²) in [6.07, 6.45) is -1.59. The van der Waals surface area contributed by atoms with Crippen molar-refractivity contribution < 1.29 is 28.2 Å². The maximum atomic E-state index is 13.4. The molecule has 1 aromatic heterocycles. The second-order valence-electron chi connectivity index (χ2n) is 15.5. The molecule has 56 heavy (non-hydrogen) atoms. The number of H-pyrrole nitrogens is 1. The molecule has 0 bridgehead atoms. The summed E-state index contributed by atoms with van der Waals surface area (Å²) in [7, 11) is -0.923. The molecule has 1 fully saturated rings. The first-order valence-corrected chi connectivity index (χ1v) is 21.7. The van der Waals surface area contributed by atoms with Gasteiger partial charge in [0.1, 0.15) is 18.0 Å². The summed E-state index contributed by atoms with van der Waals surface area (Å²) >= 11 is 0. The Morgan fingerprint density at radius 3 is 1.95 bits per heavy atom. The standard InChI is InChI=1S/C44H51N3O8Si/c1-43(2,3)56(5,6)55-39-36(28-45-42(50)52-29-31-16-10-7-11-17-31)37(54-40(39)47-27-26-38(48)46-41(47)49)30-53-44(32-18-12-8-13-19-32,33-20-14-9-15-21-33)34-22-24-35(51-4)25-23-34/h7-27,36-37,39-40H,28-30H2,1-6H3,(H,45,50)(H,46,48,49)/t36-,37-,39-,40-/m1/s1. The van der Waals surface area contributed by atoms with Gasteiger partial charge in [-0.2, -0.15) is 0 Å². The van der Waals surface area contributed by atoms with Crippen LogP contribution in [0.25, 0.3) is 0 Å². The van der Waals surface area contributed by atoms with Gasteiger partial charge in [0.15, 0.2) is 14.5 Å². The molecule has 294 valence electrons. The van der Waals surface area contributed by atoms with Crippen molar-refractivity contribution >= 4 is 14.4 Å². The van der Waals surface area contributed by atoms with Gasteiger partial charge in [0, 0.05) is 24.7 Å². The summed E-state index contributed by atoms with van der Waals surface area (Å²) < 4.78 is 33.7. The van der Waals surface area contributed by atoms with Crippen LogP contribution in [0.2, 0.25) is 18.1 Å². The average molecular weight is 778 g/mol. The van der Waals surface area contributed by atoms with E-state index < -0.39 is 55.6 Å². The Morgan fingerprint density at radius 1 is 0.821 bits per heavy atom. The van der Waals surface area contributed by atoms with Gasteiger partial charge in [-0.15, -0.1) is 0 Å². The number of alkyl carbamates (subject to hydrolysis) is 1. The lowest BCUT2D eigenvalue weighted by atomic mass is 9.80. The van der Waals surface area contributed by atoms with E-state index in [1.165, 1.54) is 16.8 Å². The molecule has 11 nitrogen and oxygen atoms in total. The molecule has 2 heterocycles. The highest BCUT2D eigenvalue weighted by Crippen LogP contribution is 2.46. The van der Waals surface area contributed by atoms with Gasteiger partial charge in [-0.3, -0.25) is 14.3 Å². The van der Waals surface area contributed by atoms with E-state index in [4.69, 9.17) is 23.4 Å². The van der Waals surface area contributed by atoms with Crippen LogP contribution in [0.1, 0.15) is 49.3 Å². The number of ether oxygens (including phenoxy) is 4. The number of hydrogen-bond acceptors (Lipinski definition) is 8. The van der Waals surface area contributed by atoms with Crippen molar-refractivity contribution in [3.63, 3.8) is 0 Å². The highest BCUT2D eigenvalue weighted by molar-refractivity contribution is 6.74. The Bertz CT molecular complexity index is 2110. The van der Waals surface area contributed by atoms with Crippen LogP contribution in [0, 0.1) is 5.92 Å². The lowest BCUT2D eigenvalue weighted by Crippen LogP contribution is -2.50. The van der Waals surface area contributed by atoms with Crippen LogP contribution < -0.4 is 21.3 Å². The van der Waals surface area contributed by atoms with Crippen LogP contribution in [0.15, 0.2) is 137 Å². The molecule has 4 atom stereocenters. The number of benzene rings is 4. The number of carbonyl (C=O) groups is 1. The second kappa shape index (κ2) is 17.3. The van der Waals surface area contributed by atoms with E-state index in [9.17, 15) is 14.4 Å². The topological polar surface area (TPSA) is 130 Å². The van der Waals surface area contributed by atoms with Gasteiger partial charge in [0.05, 0.1) is 25.9 Å². The fourth-order valence-electron chi connectivity index (χ4n) is 6.81. The highest BCUT2D eigenvalue weighted by Gasteiger charge is 2.52. The SMILES string of the molecule is COc1ccc(C(OC[C@H]2O[C@@H](n3ccc(=O)[nH]c3=O)[C@H](O[Si](C)(C)C(C)(C)C)[C@@H]2CNC(=O)OCc2ccccc2)(c2ccccc2)c2ccccc2)cc1. The molecule has 4 aromatic carbocycles. The number of hydrogen-bond donors (Lipinski definition) is 2. The summed E-state index contributed by atoms with van der Waals surface area (Å²) in [6.45, 7) is 10.9. The fourth-order valence-corrected chi connectivity index (χ4v) is 8.13. The average Bonchev–Trinajstić information content (AvgIpc) is 3.52. The molecule has 2 N–H and O–H groups in total. The predicted octanol–water partition coefficient (Wildman–Crippen LogP) is 7.38. The van der Waals surface area contributed by atoms with Crippen molar-refractivity contribution in [3.8, 4) is 5.75 Å². The molecule has 12 heteroatoms. The van der Waals surface area contributed by atoms with Crippen LogP contribution in [0.4, 0.5) is 4.79 Å². The largest absolute Gasteiger partial charge is 0.497 e. The van der Waals surface area contributed by atoms with Crippen LogP contribution in [-0.4, -0.2) is 56.4 Å². The van der Waals surface area contributed by atoms with Gasteiger partial charge in [-0.25, -0.2) is 9.59 Å². The number of rotatable bonds is 14. The first kappa shape index (κ1) is 40.4. The quantitative estimate of drug-likeness (QED) is 0.0883. The molecule has 0 aliphatic carbocycles. The van der Waals surface area contributed by atoms with Gasteiger partial charge in [0.2, 0.25) is 0 Å². The Labute approximate surface area is 328 Å². The number of aromatic nitrogens is 2. The summed E-state index contributed by atoms with van der Waals surface area (Å²) in [4.78, 5) is 41.2. The Morgan fingerprint density at radius 2 is 1.39 bits per heavy atom.